The van der Waals surface area contributed by atoms with Crippen LogP contribution < -0.4 is 14.8 Å². The summed E-state index contributed by atoms with van der Waals surface area (Å²) < 4.78 is 10.5. The standard InChI is InChI=1S/C18H27NO3/c1-17(2)15(18(17,3)4)16(20)19-10-9-12-7-8-13(21-5)14(11-12)22-6/h7-8,11,15H,9-10H2,1-6H3,(H,19,20). The third kappa shape index (κ3) is 2.79. The topological polar surface area (TPSA) is 47.6 Å². The lowest BCUT2D eigenvalue weighted by molar-refractivity contribution is -0.123. The van der Waals surface area contributed by atoms with E-state index in [0.29, 0.717) is 6.54 Å². The second-order valence-corrected chi connectivity index (χ2v) is 7.11. The second-order valence-electron chi connectivity index (χ2n) is 7.11. The normalized spacial score (nSPS) is 18.6. The van der Waals surface area contributed by atoms with E-state index in [1.165, 1.54) is 0 Å². The van der Waals surface area contributed by atoms with Crippen molar-refractivity contribution >= 4 is 5.91 Å². The predicted octanol–water partition coefficient (Wildman–Crippen LogP) is 3.04. The monoisotopic (exact) mass is 305 g/mol. The Kier molecular flexibility index (Phi) is 4.41. The largest absolute Gasteiger partial charge is 0.493 e. The summed E-state index contributed by atoms with van der Waals surface area (Å²) in [5, 5.41) is 3.06. The van der Waals surface area contributed by atoms with Crippen LogP contribution in [0.3, 0.4) is 0 Å². The molecular formula is C18H27NO3. The molecule has 0 radical (unpaired) electrons. The predicted molar refractivity (Wildman–Crippen MR) is 87.3 cm³/mol. The molecule has 0 bridgehead atoms. The first-order chi connectivity index (χ1) is 10.3. The molecule has 0 unspecified atom stereocenters. The maximum atomic E-state index is 12.3. The molecular weight excluding hydrogens is 278 g/mol. The number of amides is 1. The van der Waals surface area contributed by atoms with E-state index < -0.39 is 0 Å². The van der Waals surface area contributed by atoms with Gasteiger partial charge in [0.15, 0.2) is 11.5 Å². The molecule has 0 saturated heterocycles. The van der Waals surface area contributed by atoms with Gasteiger partial charge in [-0.05, 0) is 34.9 Å². The van der Waals surface area contributed by atoms with Crippen LogP contribution >= 0.6 is 0 Å². The summed E-state index contributed by atoms with van der Waals surface area (Å²) in [5.74, 6) is 1.70. The summed E-state index contributed by atoms with van der Waals surface area (Å²) >= 11 is 0. The van der Waals surface area contributed by atoms with Gasteiger partial charge in [0.25, 0.3) is 0 Å². The first kappa shape index (κ1) is 16.7. The smallest absolute Gasteiger partial charge is 0.224 e. The van der Waals surface area contributed by atoms with Gasteiger partial charge in [0, 0.05) is 12.5 Å². The molecule has 0 heterocycles. The van der Waals surface area contributed by atoms with Crippen molar-refractivity contribution in [3.8, 4) is 11.5 Å². The van der Waals surface area contributed by atoms with Crippen molar-refractivity contribution in [2.45, 2.75) is 34.1 Å². The van der Waals surface area contributed by atoms with Crippen LogP contribution in [0, 0.1) is 16.7 Å². The van der Waals surface area contributed by atoms with Crippen LogP contribution in [0.5, 0.6) is 11.5 Å². The highest BCUT2D eigenvalue weighted by Gasteiger charge is 2.68. The average Bonchev–Trinajstić information content (AvgIpc) is 2.88. The number of hydrogen-bond acceptors (Lipinski definition) is 3. The van der Waals surface area contributed by atoms with Crippen LogP contribution in [-0.4, -0.2) is 26.7 Å². The van der Waals surface area contributed by atoms with Gasteiger partial charge in [-0.3, -0.25) is 4.79 Å². The van der Waals surface area contributed by atoms with E-state index >= 15 is 0 Å². The highest BCUT2D eigenvalue weighted by Crippen LogP contribution is 2.68. The van der Waals surface area contributed by atoms with E-state index in [2.05, 4.69) is 33.0 Å². The minimum absolute atomic E-state index is 0.0837. The molecule has 0 aromatic heterocycles. The molecule has 1 N–H and O–H groups in total. The van der Waals surface area contributed by atoms with Crippen LogP contribution in [0.4, 0.5) is 0 Å². The molecule has 4 heteroatoms. The Morgan fingerprint density at radius 1 is 1.09 bits per heavy atom. The van der Waals surface area contributed by atoms with E-state index in [0.717, 1.165) is 23.5 Å². The number of nitrogens with one attached hydrogen (secondary N) is 1. The fourth-order valence-corrected chi connectivity index (χ4v) is 3.32. The van der Waals surface area contributed by atoms with Crippen molar-refractivity contribution in [1.82, 2.24) is 5.32 Å². The maximum Gasteiger partial charge on any atom is 0.224 e. The van der Waals surface area contributed by atoms with E-state index in [4.69, 9.17) is 9.47 Å². The minimum Gasteiger partial charge on any atom is -0.493 e. The van der Waals surface area contributed by atoms with Gasteiger partial charge >= 0.3 is 0 Å². The first-order valence-electron chi connectivity index (χ1n) is 7.74. The van der Waals surface area contributed by atoms with Crippen LogP contribution in [0.15, 0.2) is 18.2 Å². The molecule has 1 saturated carbocycles. The van der Waals surface area contributed by atoms with Gasteiger partial charge in [0.1, 0.15) is 0 Å². The van der Waals surface area contributed by atoms with E-state index in [1.54, 1.807) is 14.2 Å². The summed E-state index contributed by atoms with van der Waals surface area (Å²) in [6.07, 6.45) is 0.777. The SMILES string of the molecule is COc1ccc(CCNC(=O)C2C(C)(C)C2(C)C)cc1OC. The molecule has 1 aromatic rings. The molecule has 0 atom stereocenters. The molecule has 1 aliphatic carbocycles. The van der Waals surface area contributed by atoms with Gasteiger partial charge in [-0.2, -0.15) is 0 Å². The van der Waals surface area contributed by atoms with Crippen molar-refractivity contribution in [3.05, 3.63) is 23.8 Å². The highest BCUT2D eigenvalue weighted by molar-refractivity contribution is 5.84. The Labute approximate surface area is 133 Å². The second kappa shape index (κ2) is 5.82. The van der Waals surface area contributed by atoms with Crippen LogP contribution in [0.1, 0.15) is 33.3 Å². The number of carbonyl (C=O) groups is 1. The van der Waals surface area contributed by atoms with Crippen LogP contribution in [0.2, 0.25) is 0 Å². The summed E-state index contributed by atoms with van der Waals surface area (Å²) in [6, 6.07) is 5.84. The number of rotatable bonds is 6. The van der Waals surface area contributed by atoms with Gasteiger partial charge in [-0.15, -0.1) is 0 Å². The number of carbonyl (C=O) groups excluding carboxylic acids is 1. The molecule has 0 spiro atoms. The summed E-state index contributed by atoms with van der Waals surface area (Å²) in [6.45, 7) is 9.27. The lowest BCUT2D eigenvalue weighted by Gasteiger charge is -2.10. The fraction of sp³-hybridized carbons (Fsp3) is 0.611. The molecule has 1 amide bonds. The number of benzene rings is 1. The van der Waals surface area contributed by atoms with E-state index in [-0.39, 0.29) is 22.7 Å². The highest BCUT2D eigenvalue weighted by atomic mass is 16.5. The molecule has 122 valence electrons. The number of hydrogen-bond donors (Lipinski definition) is 1. The third-order valence-electron chi connectivity index (χ3n) is 5.44. The third-order valence-corrected chi connectivity index (χ3v) is 5.44. The van der Waals surface area contributed by atoms with E-state index in [9.17, 15) is 4.79 Å². The van der Waals surface area contributed by atoms with Gasteiger partial charge in [0.05, 0.1) is 14.2 Å². The minimum atomic E-state index is 0.0837. The van der Waals surface area contributed by atoms with Crippen molar-refractivity contribution in [2.24, 2.45) is 16.7 Å². The molecule has 1 aliphatic rings. The molecule has 4 nitrogen and oxygen atoms in total. The van der Waals surface area contributed by atoms with Gasteiger partial charge in [-0.1, -0.05) is 33.8 Å². The quantitative estimate of drug-likeness (QED) is 0.879. The lowest BCUT2D eigenvalue weighted by Crippen LogP contribution is -2.29. The zero-order valence-electron chi connectivity index (χ0n) is 14.4. The Morgan fingerprint density at radius 2 is 1.68 bits per heavy atom. The maximum absolute atomic E-state index is 12.3. The van der Waals surface area contributed by atoms with Gasteiger partial charge < -0.3 is 14.8 Å². The Morgan fingerprint density at radius 3 is 2.18 bits per heavy atom. The zero-order valence-corrected chi connectivity index (χ0v) is 14.4. The van der Waals surface area contributed by atoms with Crippen LogP contribution in [0.25, 0.3) is 0 Å². The molecule has 2 rings (SSSR count). The summed E-state index contributed by atoms with van der Waals surface area (Å²) in [7, 11) is 3.25. The zero-order chi connectivity index (χ0) is 16.5. The van der Waals surface area contributed by atoms with Gasteiger partial charge in [-0.25, -0.2) is 0 Å². The van der Waals surface area contributed by atoms with Crippen molar-refractivity contribution < 1.29 is 14.3 Å². The number of methoxy groups -OCH3 is 2. The first-order valence-corrected chi connectivity index (χ1v) is 7.74. The fourth-order valence-electron chi connectivity index (χ4n) is 3.32. The molecule has 0 aliphatic heterocycles. The Balaban J connectivity index is 1.88. The molecule has 22 heavy (non-hydrogen) atoms. The Hall–Kier alpha value is -1.71. The lowest BCUT2D eigenvalue weighted by atomic mass is 10.0. The molecule has 1 aromatic carbocycles. The van der Waals surface area contributed by atoms with Crippen molar-refractivity contribution in [3.63, 3.8) is 0 Å². The average molecular weight is 305 g/mol. The van der Waals surface area contributed by atoms with Crippen LogP contribution in [-0.2, 0) is 11.2 Å². The Bertz CT molecular complexity index is 549. The number of ether oxygens (including phenoxy) is 2. The van der Waals surface area contributed by atoms with E-state index in [1.807, 2.05) is 18.2 Å². The van der Waals surface area contributed by atoms with Crippen molar-refractivity contribution in [1.29, 1.82) is 0 Å². The van der Waals surface area contributed by atoms with Crippen molar-refractivity contribution in [2.75, 3.05) is 20.8 Å². The van der Waals surface area contributed by atoms with Gasteiger partial charge in [0.2, 0.25) is 5.91 Å². The summed E-state index contributed by atoms with van der Waals surface area (Å²) in [4.78, 5) is 12.3. The molecule has 1 fully saturated rings. The summed E-state index contributed by atoms with van der Waals surface area (Å²) in [5.41, 5.74) is 1.29.